The van der Waals surface area contributed by atoms with Gasteiger partial charge in [0, 0.05) is 19.3 Å². The number of esters is 3. The highest BCUT2D eigenvalue weighted by Gasteiger charge is 2.19. The number of unbranched alkanes of at least 4 members (excludes halogenated alkanes) is 32. The summed E-state index contributed by atoms with van der Waals surface area (Å²) in [4.78, 5) is 37.9. The van der Waals surface area contributed by atoms with Gasteiger partial charge in [-0.3, -0.25) is 14.4 Å². The van der Waals surface area contributed by atoms with Crippen molar-refractivity contribution in [1.82, 2.24) is 0 Å². The Labute approximate surface area is 366 Å². The summed E-state index contributed by atoms with van der Waals surface area (Å²) in [6.07, 6.45) is 54.4. The molecule has 0 radical (unpaired) electrons. The van der Waals surface area contributed by atoms with Gasteiger partial charge in [0.1, 0.15) is 13.2 Å². The van der Waals surface area contributed by atoms with Gasteiger partial charge < -0.3 is 14.2 Å². The predicted octanol–water partition coefficient (Wildman–Crippen LogP) is 16.8. The number of hydrogen-bond acceptors (Lipinski definition) is 6. The quantitative estimate of drug-likeness (QED) is 0.0263. The van der Waals surface area contributed by atoms with Crippen molar-refractivity contribution in [3.63, 3.8) is 0 Å². The largest absolute Gasteiger partial charge is 0.462 e. The molecule has 0 amide bonds. The first-order valence-electron chi connectivity index (χ1n) is 25.8. The molecule has 0 bridgehead atoms. The number of carbonyl (C=O) groups excluding carboxylic acids is 3. The van der Waals surface area contributed by atoms with E-state index in [1.54, 1.807) is 0 Å². The molecule has 6 heteroatoms. The number of carbonyl (C=O) groups is 3. The molecular formula is C53H98O6. The zero-order valence-corrected chi connectivity index (χ0v) is 39.5. The molecule has 0 saturated carbocycles. The van der Waals surface area contributed by atoms with Gasteiger partial charge in [-0.2, -0.15) is 0 Å². The molecule has 0 rings (SSSR count). The minimum atomic E-state index is -0.770. The molecule has 59 heavy (non-hydrogen) atoms. The Morgan fingerprint density at radius 2 is 0.610 bits per heavy atom. The minimum Gasteiger partial charge on any atom is -0.462 e. The van der Waals surface area contributed by atoms with Crippen molar-refractivity contribution in [3.8, 4) is 0 Å². The van der Waals surface area contributed by atoms with Crippen LogP contribution < -0.4 is 0 Å². The second-order valence-electron chi connectivity index (χ2n) is 17.4. The van der Waals surface area contributed by atoms with E-state index < -0.39 is 6.10 Å². The van der Waals surface area contributed by atoms with E-state index in [2.05, 4.69) is 45.1 Å². The van der Waals surface area contributed by atoms with Gasteiger partial charge in [0.05, 0.1) is 0 Å². The van der Waals surface area contributed by atoms with Crippen molar-refractivity contribution in [2.24, 2.45) is 0 Å². The molecule has 0 aromatic heterocycles. The summed E-state index contributed by atoms with van der Waals surface area (Å²) in [6, 6.07) is 0. The van der Waals surface area contributed by atoms with Crippen LogP contribution in [-0.2, 0) is 28.6 Å². The Balaban J connectivity index is 4.36. The van der Waals surface area contributed by atoms with Gasteiger partial charge in [-0.15, -0.1) is 0 Å². The maximum absolute atomic E-state index is 12.8. The lowest BCUT2D eigenvalue weighted by atomic mass is 10.0. The van der Waals surface area contributed by atoms with Crippen molar-refractivity contribution < 1.29 is 28.6 Å². The lowest BCUT2D eigenvalue weighted by Gasteiger charge is -2.18. The second kappa shape index (κ2) is 48.6. The van der Waals surface area contributed by atoms with Crippen LogP contribution in [0.15, 0.2) is 24.3 Å². The third-order valence-electron chi connectivity index (χ3n) is 11.5. The normalized spacial score (nSPS) is 12.1. The molecule has 0 aliphatic rings. The van der Waals surface area contributed by atoms with E-state index in [4.69, 9.17) is 14.2 Å². The fourth-order valence-electron chi connectivity index (χ4n) is 7.53. The van der Waals surface area contributed by atoms with Gasteiger partial charge in [-0.25, -0.2) is 0 Å². The third kappa shape index (κ3) is 46.8. The van der Waals surface area contributed by atoms with E-state index in [0.29, 0.717) is 19.3 Å². The Morgan fingerprint density at radius 3 is 0.966 bits per heavy atom. The number of hydrogen-bond donors (Lipinski definition) is 0. The Hall–Kier alpha value is -2.11. The van der Waals surface area contributed by atoms with Crippen LogP contribution in [0.3, 0.4) is 0 Å². The van der Waals surface area contributed by atoms with Gasteiger partial charge in [-0.05, 0) is 51.4 Å². The highest BCUT2D eigenvalue weighted by Crippen LogP contribution is 2.16. The number of rotatable bonds is 47. The van der Waals surface area contributed by atoms with Crippen LogP contribution in [-0.4, -0.2) is 37.2 Å². The van der Waals surface area contributed by atoms with Crippen LogP contribution >= 0.6 is 0 Å². The van der Waals surface area contributed by atoms with Gasteiger partial charge in [0.25, 0.3) is 0 Å². The zero-order valence-electron chi connectivity index (χ0n) is 39.5. The first-order valence-corrected chi connectivity index (χ1v) is 25.8. The summed E-state index contributed by atoms with van der Waals surface area (Å²) in [6.45, 7) is 6.62. The standard InChI is InChI=1S/C53H98O6/c1-4-7-10-13-16-19-22-25-26-29-31-34-37-40-43-46-52(55)58-49-50(59-53(56)47-44-41-38-35-32-28-24-21-18-15-12-9-6-3)48-57-51(54)45-42-39-36-33-30-27-23-20-17-14-11-8-5-2/h16,19,25-26,50H,4-15,17-18,20-24,27-49H2,1-3H3/b19-16-,26-25-/t50-/m0/s1. The van der Waals surface area contributed by atoms with E-state index in [9.17, 15) is 14.4 Å². The van der Waals surface area contributed by atoms with Gasteiger partial charge >= 0.3 is 17.9 Å². The lowest BCUT2D eigenvalue weighted by molar-refractivity contribution is -0.167. The maximum atomic E-state index is 12.8. The first-order chi connectivity index (χ1) is 29.0. The topological polar surface area (TPSA) is 78.9 Å². The van der Waals surface area contributed by atoms with E-state index in [0.717, 1.165) is 77.0 Å². The average Bonchev–Trinajstić information content (AvgIpc) is 3.23. The van der Waals surface area contributed by atoms with Crippen LogP contribution in [0.25, 0.3) is 0 Å². The molecule has 0 aliphatic heterocycles. The van der Waals surface area contributed by atoms with Gasteiger partial charge in [-0.1, -0.05) is 231 Å². The molecule has 1 atom stereocenters. The monoisotopic (exact) mass is 831 g/mol. The predicted molar refractivity (Wildman–Crippen MR) is 252 cm³/mol. The van der Waals surface area contributed by atoms with E-state index >= 15 is 0 Å². The van der Waals surface area contributed by atoms with Crippen LogP contribution in [0, 0.1) is 0 Å². The summed E-state index contributed by atoms with van der Waals surface area (Å²) < 4.78 is 16.8. The molecule has 0 aromatic carbocycles. The SMILES string of the molecule is CCCCC/C=C\C/C=C\CCCCCCCC(=O)OC[C@H](COC(=O)CCCCCCCCCCCCCCC)OC(=O)CCCCCCCCCCCCCCC. The summed E-state index contributed by atoms with van der Waals surface area (Å²) in [5, 5.41) is 0. The van der Waals surface area contributed by atoms with Crippen molar-refractivity contribution in [3.05, 3.63) is 24.3 Å². The van der Waals surface area contributed by atoms with Crippen molar-refractivity contribution >= 4 is 17.9 Å². The van der Waals surface area contributed by atoms with Crippen LogP contribution in [0.2, 0.25) is 0 Å². The second-order valence-corrected chi connectivity index (χ2v) is 17.4. The molecule has 0 unspecified atom stereocenters. The molecule has 0 N–H and O–H groups in total. The van der Waals surface area contributed by atoms with Crippen LogP contribution in [0.5, 0.6) is 0 Å². The first kappa shape index (κ1) is 56.9. The molecule has 346 valence electrons. The Kier molecular flexibility index (Phi) is 46.8. The highest BCUT2D eigenvalue weighted by atomic mass is 16.6. The minimum absolute atomic E-state index is 0.0708. The summed E-state index contributed by atoms with van der Waals surface area (Å²) in [5.74, 6) is -0.871. The molecule has 0 saturated heterocycles. The van der Waals surface area contributed by atoms with E-state index in [1.807, 2.05) is 0 Å². The molecule has 0 fully saturated rings. The third-order valence-corrected chi connectivity index (χ3v) is 11.5. The van der Waals surface area contributed by atoms with E-state index in [1.165, 1.54) is 161 Å². The number of allylic oxidation sites excluding steroid dienone is 4. The molecular weight excluding hydrogens is 733 g/mol. The molecule has 6 nitrogen and oxygen atoms in total. The zero-order chi connectivity index (χ0) is 43.0. The van der Waals surface area contributed by atoms with Crippen molar-refractivity contribution in [1.29, 1.82) is 0 Å². The van der Waals surface area contributed by atoms with Gasteiger partial charge in [0.2, 0.25) is 0 Å². The fraction of sp³-hybridized carbons (Fsp3) is 0.868. The van der Waals surface area contributed by atoms with Crippen molar-refractivity contribution in [2.45, 2.75) is 284 Å². The summed E-state index contributed by atoms with van der Waals surface area (Å²) in [7, 11) is 0. The molecule has 0 aliphatic carbocycles. The fourth-order valence-corrected chi connectivity index (χ4v) is 7.53. The van der Waals surface area contributed by atoms with Crippen LogP contribution in [0.4, 0.5) is 0 Å². The Bertz CT molecular complexity index is 958. The lowest BCUT2D eigenvalue weighted by Crippen LogP contribution is -2.30. The average molecular weight is 831 g/mol. The smallest absolute Gasteiger partial charge is 0.306 e. The maximum Gasteiger partial charge on any atom is 0.306 e. The summed E-state index contributed by atoms with van der Waals surface area (Å²) in [5.41, 5.74) is 0. The van der Waals surface area contributed by atoms with Crippen LogP contribution in [0.1, 0.15) is 278 Å². The summed E-state index contributed by atoms with van der Waals surface area (Å²) >= 11 is 0. The molecule has 0 aromatic rings. The number of ether oxygens (including phenoxy) is 3. The van der Waals surface area contributed by atoms with Gasteiger partial charge in [0.15, 0.2) is 6.10 Å². The molecule has 0 spiro atoms. The Morgan fingerprint density at radius 1 is 0.339 bits per heavy atom. The molecule has 0 heterocycles. The van der Waals surface area contributed by atoms with E-state index in [-0.39, 0.29) is 31.1 Å². The van der Waals surface area contributed by atoms with Crippen molar-refractivity contribution in [2.75, 3.05) is 13.2 Å². The highest BCUT2D eigenvalue weighted by molar-refractivity contribution is 5.71.